The number of para-hydroxylation sites is 1. The minimum atomic E-state index is -0.610. The van der Waals surface area contributed by atoms with E-state index in [0.29, 0.717) is 12.1 Å². The van der Waals surface area contributed by atoms with Gasteiger partial charge in [-0.2, -0.15) is 0 Å². The molecule has 2 aromatic rings. The zero-order chi connectivity index (χ0) is 13.0. The van der Waals surface area contributed by atoms with E-state index < -0.39 is 6.10 Å². The van der Waals surface area contributed by atoms with Gasteiger partial charge in [-0.1, -0.05) is 18.2 Å². The molecule has 1 N–H and O–H groups in total. The zero-order valence-corrected chi connectivity index (χ0v) is 10.6. The molecule has 0 radical (unpaired) electrons. The van der Waals surface area contributed by atoms with Gasteiger partial charge in [0.15, 0.2) is 0 Å². The van der Waals surface area contributed by atoms with Gasteiger partial charge < -0.3 is 9.84 Å². The molecule has 3 nitrogen and oxygen atoms in total. The summed E-state index contributed by atoms with van der Waals surface area (Å²) in [5.41, 5.74) is 2.77. The minimum absolute atomic E-state index is 0.500. The number of rotatable bonds is 4. The number of methoxy groups -OCH3 is 1. The summed E-state index contributed by atoms with van der Waals surface area (Å²) in [6.07, 6.45) is 1.61. The number of aromatic nitrogens is 1. The molecule has 3 heteroatoms. The Morgan fingerprint density at radius 1 is 1.28 bits per heavy atom. The van der Waals surface area contributed by atoms with E-state index in [-0.39, 0.29) is 0 Å². The van der Waals surface area contributed by atoms with Crippen molar-refractivity contribution >= 4 is 0 Å². The van der Waals surface area contributed by atoms with Crippen LogP contribution in [0.5, 0.6) is 5.75 Å². The average Bonchev–Trinajstić information content (AvgIpc) is 2.39. The topological polar surface area (TPSA) is 42.4 Å². The lowest BCUT2D eigenvalue weighted by Gasteiger charge is -2.13. The number of aryl methyl sites for hydroxylation is 1. The third-order valence-corrected chi connectivity index (χ3v) is 2.88. The van der Waals surface area contributed by atoms with Crippen molar-refractivity contribution in [2.24, 2.45) is 0 Å². The minimum Gasteiger partial charge on any atom is -0.496 e. The van der Waals surface area contributed by atoms with Crippen LogP contribution in [-0.4, -0.2) is 17.2 Å². The maximum Gasteiger partial charge on any atom is 0.122 e. The fraction of sp³-hybridized carbons (Fsp3) is 0.267. The summed E-state index contributed by atoms with van der Waals surface area (Å²) in [4.78, 5) is 4.20. The SMILES string of the molecule is COc1ccccc1CC(O)c1cc(C)ccn1. The summed E-state index contributed by atoms with van der Waals surface area (Å²) in [7, 11) is 1.64. The van der Waals surface area contributed by atoms with Crippen molar-refractivity contribution in [1.29, 1.82) is 0 Å². The van der Waals surface area contributed by atoms with Gasteiger partial charge in [-0.05, 0) is 36.2 Å². The molecule has 1 aromatic carbocycles. The smallest absolute Gasteiger partial charge is 0.122 e. The Bertz CT molecular complexity index is 525. The second-order valence-corrected chi connectivity index (χ2v) is 4.29. The van der Waals surface area contributed by atoms with Crippen molar-refractivity contribution in [3.8, 4) is 5.75 Å². The van der Waals surface area contributed by atoms with Crippen molar-refractivity contribution in [2.75, 3.05) is 7.11 Å². The molecule has 1 unspecified atom stereocenters. The molecule has 18 heavy (non-hydrogen) atoms. The molecular formula is C15H17NO2. The first kappa shape index (κ1) is 12.6. The van der Waals surface area contributed by atoms with Gasteiger partial charge in [0.25, 0.3) is 0 Å². The van der Waals surface area contributed by atoms with E-state index >= 15 is 0 Å². The molecule has 0 amide bonds. The monoisotopic (exact) mass is 243 g/mol. The largest absolute Gasteiger partial charge is 0.496 e. The number of ether oxygens (including phenoxy) is 1. The number of aliphatic hydroxyl groups excluding tert-OH is 1. The van der Waals surface area contributed by atoms with Crippen molar-refractivity contribution in [3.05, 3.63) is 59.4 Å². The number of benzene rings is 1. The van der Waals surface area contributed by atoms with E-state index in [9.17, 15) is 5.11 Å². The summed E-state index contributed by atoms with van der Waals surface area (Å²) < 4.78 is 5.27. The Labute approximate surface area is 107 Å². The first-order valence-electron chi connectivity index (χ1n) is 5.93. The zero-order valence-electron chi connectivity index (χ0n) is 10.6. The number of pyridine rings is 1. The van der Waals surface area contributed by atoms with Gasteiger partial charge in [0.1, 0.15) is 11.9 Å². The third kappa shape index (κ3) is 2.87. The van der Waals surface area contributed by atoms with Crippen LogP contribution in [0.3, 0.4) is 0 Å². The van der Waals surface area contributed by atoms with Gasteiger partial charge in [0.05, 0.1) is 12.8 Å². The Kier molecular flexibility index (Phi) is 3.95. The molecule has 0 bridgehead atoms. The third-order valence-electron chi connectivity index (χ3n) is 2.88. The van der Waals surface area contributed by atoms with Crippen molar-refractivity contribution in [2.45, 2.75) is 19.4 Å². The van der Waals surface area contributed by atoms with Gasteiger partial charge in [0, 0.05) is 12.6 Å². The lowest BCUT2D eigenvalue weighted by molar-refractivity contribution is 0.172. The van der Waals surface area contributed by atoms with Crippen LogP contribution in [0.25, 0.3) is 0 Å². The van der Waals surface area contributed by atoms with Crippen LogP contribution in [-0.2, 0) is 6.42 Å². The summed E-state index contributed by atoms with van der Waals surface area (Å²) in [6, 6.07) is 11.5. The normalized spacial score (nSPS) is 12.2. The van der Waals surface area contributed by atoms with Crippen LogP contribution in [0.2, 0.25) is 0 Å². The molecule has 2 rings (SSSR count). The molecule has 0 saturated carbocycles. The van der Waals surface area contributed by atoms with Gasteiger partial charge in [-0.25, -0.2) is 0 Å². The highest BCUT2D eigenvalue weighted by Crippen LogP contribution is 2.24. The summed E-state index contributed by atoms with van der Waals surface area (Å²) in [6.45, 7) is 1.99. The summed E-state index contributed by atoms with van der Waals surface area (Å²) >= 11 is 0. The van der Waals surface area contributed by atoms with Crippen LogP contribution < -0.4 is 4.74 Å². The number of aliphatic hydroxyl groups is 1. The number of hydrogen-bond acceptors (Lipinski definition) is 3. The molecule has 0 aliphatic carbocycles. The van der Waals surface area contributed by atoms with Gasteiger partial charge in [-0.3, -0.25) is 4.98 Å². The molecule has 0 saturated heterocycles. The first-order valence-corrected chi connectivity index (χ1v) is 5.93. The van der Waals surface area contributed by atoms with Crippen LogP contribution in [0.4, 0.5) is 0 Å². The van der Waals surface area contributed by atoms with Crippen molar-refractivity contribution < 1.29 is 9.84 Å². The summed E-state index contributed by atoms with van der Waals surface area (Å²) in [5.74, 6) is 0.796. The van der Waals surface area contributed by atoms with Gasteiger partial charge in [-0.15, -0.1) is 0 Å². The highest BCUT2D eigenvalue weighted by atomic mass is 16.5. The molecule has 0 fully saturated rings. The van der Waals surface area contributed by atoms with Crippen molar-refractivity contribution in [1.82, 2.24) is 4.98 Å². The highest BCUT2D eigenvalue weighted by molar-refractivity contribution is 5.34. The van der Waals surface area contributed by atoms with E-state index in [1.807, 2.05) is 43.3 Å². The standard InChI is InChI=1S/C15H17NO2/c1-11-7-8-16-13(9-11)14(17)10-12-5-3-4-6-15(12)18-2/h3-9,14,17H,10H2,1-2H3. The molecule has 94 valence electrons. The maximum absolute atomic E-state index is 10.2. The predicted molar refractivity (Wildman–Crippen MR) is 70.6 cm³/mol. The number of nitrogens with zero attached hydrogens (tertiary/aromatic N) is 1. The Morgan fingerprint density at radius 2 is 2.06 bits per heavy atom. The van der Waals surface area contributed by atoms with Crippen LogP contribution >= 0.6 is 0 Å². The van der Waals surface area contributed by atoms with Gasteiger partial charge >= 0.3 is 0 Å². The molecule has 0 aliphatic rings. The highest BCUT2D eigenvalue weighted by Gasteiger charge is 2.12. The molecule has 1 aromatic heterocycles. The fourth-order valence-corrected chi connectivity index (χ4v) is 1.93. The van der Waals surface area contributed by atoms with Crippen LogP contribution in [0.15, 0.2) is 42.6 Å². The Morgan fingerprint density at radius 3 is 2.78 bits per heavy atom. The van der Waals surface area contributed by atoms with Crippen LogP contribution in [0.1, 0.15) is 22.9 Å². The second kappa shape index (κ2) is 5.65. The lowest BCUT2D eigenvalue weighted by Crippen LogP contribution is -2.05. The molecular weight excluding hydrogens is 226 g/mol. The average molecular weight is 243 g/mol. The quantitative estimate of drug-likeness (QED) is 0.897. The Hall–Kier alpha value is -1.87. The fourth-order valence-electron chi connectivity index (χ4n) is 1.93. The maximum atomic E-state index is 10.2. The predicted octanol–water partition coefficient (Wildman–Crippen LogP) is 2.67. The first-order chi connectivity index (χ1) is 8.70. The van der Waals surface area contributed by atoms with E-state index in [4.69, 9.17) is 4.74 Å². The lowest BCUT2D eigenvalue weighted by atomic mass is 10.0. The Balaban J connectivity index is 2.18. The van der Waals surface area contributed by atoms with Crippen molar-refractivity contribution in [3.63, 3.8) is 0 Å². The molecule has 1 heterocycles. The molecule has 0 spiro atoms. The van der Waals surface area contributed by atoms with Gasteiger partial charge in [0.2, 0.25) is 0 Å². The van der Waals surface area contributed by atoms with E-state index in [2.05, 4.69) is 4.98 Å². The second-order valence-electron chi connectivity index (χ2n) is 4.29. The molecule has 1 atom stereocenters. The van der Waals surface area contributed by atoms with E-state index in [0.717, 1.165) is 16.9 Å². The van der Waals surface area contributed by atoms with E-state index in [1.54, 1.807) is 13.3 Å². The molecule has 0 aliphatic heterocycles. The van der Waals surface area contributed by atoms with Crippen LogP contribution in [0, 0.1) is 6.92 Å². The van der Waals surface area contributed by atoms with E-state index in [1.165, 1.54) is 0 Å². The number of hydrogen-bond donors (Lipinski definition) is 1. The summed E-state index contributed by atoms with van der Waals surface area (Å²) in [5, 5.41) is 10.2.